The van der Waals surface area contributed by atoms with Gasteiger partial charge in [-0.1, -0.05) is 12.1 Å². The van der Waals surface area contributed by atoms with Crippen LogP contribution in [0.5, 0.6) is 17.4 Å². The van der Waals surface area contributed by atoms with E-state index in [2.05, 4.69) is 15.0 Å². The largest absolute Gasteiger partial charge is 0.492 e. The van der Waals surface area contributed by atoms with Crippen molar-refractivity contribution >= 4 is 28.1 Å². The van der Waals surface area contributed by atoms with Crippen LogP contribution in [-0.2, 0) is 0 Å². The second kappa shape index (κ2) is 8.73. The van der Waals surface area contributed by atoms with E-state index in [4.69, 9.17) is 15.3 Å². The highest BCUT2D eigenvalue weighted by atomic mass is 32.1. The predicted molar refractivity (Wildman–Crippen MR) is 111 cm³/mol. The Morgan fingerprint density at radius 3 is 2.64 bits per heavy atom. The van der Waals surface area contributed by atoms with Crippen molar-refractivity contribution in [3.8, 4) is 17.4 Å². The minimum absolute atomic E-state index is 0.00491. The third kappa shape index (κ3) is 4.79. The molecule has 0 amide bonds. The Bertz CT molecular complexity index is 956. The number of hydrogen-bond donors (Lipinski definition) is 5. The van der Waals surface area contributed by atoms with Gasteiger partial charge in [-0.15, -0.1) is 0 Å². The van der Waals surface area contributed by atoms with E-state index in [9.17, 15) is 5.11 Å². The van der Waals surface area contributed by atoms with E-state index in [1.165, 1.54) is 0 Å². The molecule has 146 valence electrons. The van der Waals surface area contributed by atoms with E-state index in [1.807, 2.05) is 55.5 Å². The molecule has 1 atom stereocenters. The minimum atomic E-state index is -0.308. The zero-order valence-electron chi connectivity index (χ0n) is 15.6. The Morgan fingerprint density at radius 2 is 1.96 bits per heavy atom. The molecule has 0 aliphatic heterocycles. The van der Waals surface area contributed by atoms with Crippen LogP contribution in [0.15, 0.2) is 48.5 Å². The summed E-state index contributed by atoms with van der Waals surface area (Å²) in [5.41, 5.74) is 2.16. The number of aryl methyl sites for hydroxylation is 1. The molecule has 3 aromatic rings. The summed E-state index contributed by atoms with van der Waals surface area (Å²) in [5, 5.41) is 33.8. The van der Waals surface area contributed by atoms with Gasteiger partial charge < -0.3 is 25.6 Å². The average molecular weight is 398 g/mol. The van der Waals surface area contributed by atoms with Gasteiger partial charge in [0.1, 0.15) is 27.9 Å². The number of ether oxygens (including phenoxy) is 1. The molecule has 0 saturated carbocycles. The highest BCUT2D eigenvalue weighted by Gasteiger charge is 2.19. The van der Waals surface area contributed by atoms with Crippen LogP contribution in [0.25, 0.3) is 0 Å². The molecule has 0 aliphatic rings. The average Bonchev–Trinajstić information content (AvgIpc) is 3.03. The van der Waals surface area contributed by atoms with Gasteiger partial charge >= 0.3 is 0 Å². The van der Waals surface area contributed by atoms with Gasteiger partial charge in [0.25, 0.3) is 0 Å². The first-order valence-electron chi connectivity index (χ1n) is 8.73. The molecule has 0 saturated heterocycles. The summed E-state index contributed by atoms with van der Waals surface area (Å²) in [6.07, 6.45) is 0. The smallest absolute Gasteiger partial charge is 0.236 e. The van der Waals surface area contributed by atoms with Crippen molar-refractivity contribution < 1.29 is 14.9 Å². The lowest BCUT2D eigenvalue weighted by Gasteiger charge is -2.14. The number of hydrogen-bond acceptors (Lipinski definition) is 7. The molecule has 5 N–H and O–H groups in total. The van der Waals surface area contributed by atoms with Gasteiger partial charge in [0, 0.05) is 11.7 Å². The van der Waals surface area contributed by atoms with Gasteiger partial charge in [-0.3, -0.25) is 5.41 Å². The molecule has 0 bridgehead atoms. The van der Waals surface area contributed by atoms with Crippen LogP contribution >= 0.6 is 11.5 Å². The quantitative estimate of drug-likeness (QED) is 0.304. The number of aliphatic hydroxyl groups excluding tert-OH is 1. The monoisotopic (exact) mass is 398 g/mol. The number of anilines is 2. The van der Waals surface area contributed by atoms with Crippen molar-refractivity contribution in [3.63, 3.8) is 0 Å². The molecule has 2 aromatic carbocycles. The zero-order valence-corrected chi connectivity index (χ0v) is 16.4. The highest BCUT2D eigenvalue weighted by Crippen LogP contribution is 2.33. The summed E-state index contributed by atoms with van der Waals surface area (Å²) in [6, 6.07) is 14.9. The van der Waals surface area contributed by atoms with Gasteiger partial charge in [0.15, 0.2) is 0 Å². The number of aromatic hydroxyl groups is 1. The van der Waals surface area contributed by atoms with Crippen LogP contribution in [0.1, 0.15) is 18.1 Å². The van der Waals surface area contributed by atoms with Crippen molar-refractivity contribution in [1.29, 1.82) is 5.41 Å². The Labute approximate surface area is 167 Å². The SMILES string of the molecule is Cc1cccc(Oc2ccc(Nc3snc(O)c3C(=N)NC(C)CO)cc2)c1. The maximum absolute atomic E-state index is 9.99. The number of aliphatic hydroxyl groups is 1. The molecule has 7 nitrogen and oxygen atoms in total. The standard InChI is InChI=1S/C20H22N4O3S/c1-12-4-3-5-16(10-12)27-15-8-6-14(7-9-15)23-20-17(19(26)24-28-20)18(21)22-13(2)11-25/h3-10,13,23,25H,11H2,1-2H3,(H2,21,22)(H,24,26). The van der Waals surface area contributed by atoms with Gasteiger partial charge in [0.05, 0.1) is 6.61 Å². The molecular formula is C20H22N4O3S. The van der Waals surface area contributed by atoms with Crippen LogP contribution in [0.3, 0.4) is 0 Å². The number of rotatable bonds is 7. The van der Waals surface area contributed by atoms with Crippen molar-refractivity contribution in [2.45, 2.75) is 19.9 Å². The number of amidine groups is 1. The fourth-order valence-electron chi connectivity index (χ4n) is 2.51. The van der Waals surface area contributed by atoms with Crippen LogP contribution in [0.4, 0.5) is 10.7 Å². The van der Waals surface area contributed by atoms with E-state index in [-0.39, 0.29) is 29.9 Å². The Balaban J connectivity index is 1.72. The summed E-state index contributed by atoms with van der Waals surface area (Å²) in [5.74, 6) is 1.24. The zero-order chi connectivity index (χ0) is 20.1. The lowest BCUT2D eigenvalue weighted by atomic mass is 10.2. The third-order valence-electron chi connectivity index (χ3n) is 3.93. The molecule has 3 rings (SSSR count). The Morgan fingerprint density at radius 1 is 1.21 bits per heavy atom. The van der Waals surface area contributed by atoms with Crippen molar-refractivity contribution in [2.75, 3.05) is 11.9 Å². The molecular weight excluding hydrogens is 376 g/mol. The molecule has 0 radical (unpaired) electrons. The Kier molecular flexibility index (Phi) is 6.13. The summed E-state index contributed by atoms with van der Waals surface area (Å²) >= 11 is 1.06. The molecule has 1 unspecified atom stereocenters. The van der Waals surface area contributed by atoms with Gasteiger partial charge in [-0.25, -0.2) is 0 Å². The van der Waals surface area contributed by atoms with Crippen molar-refractivity contribution in [3.05, 3.63) is 59.7 Å². The molecule has 0 aliphatic carbocycles. The first-order chi connectivity index (χ1) is 13.5. The van der Waals surface area contributed by atoms with Gasteiger partial charge in [-0.2, -0.15) is 4.37 Å². The van der Waals surface area contributed by atoms with Crippen molar-refractivity contribution in [2.24, 2.45) is 0 Å². The lowest BCUT2D eigenvalue weighted by Crippen LogP contribution is -2.35. The fraction of sp³-hybridized carbons (Fsp3) is 0.200. The van der Waals surface area contributed by atoms with Gasteiger partial charge in [-0.05, 0) is 67.3 Å². The molecule has 1 aromatic heterocycles. The number of nitrogens with one attached hydrogen (secondary N) is 3. The summed E-state index contributed by atoms with van der Waals surface area (Å²) in [7, 11) is 0. The normalized spacial score (nSPS) is 11.7. The fourth-order valence-corrected chi connectivity index (χ4v) is 3.23. The van der Waals surface area contributed by atoms with Gasteiger partial charge in [0.2, 0.25) is 5.88 Å². The first-order valence-corrected chi connectivity index (χ1v) is 9.50. The predicted octanol–water partition coefficient (Wildman–Crippen LogP) is 3.99. The Hall–Kier alpha value is -3.10. The molecule has 28 heavy (non-hydrogen) atoms. The van der Waals surface area contributed by atoms with E-state index in [1.54, 1.807) is 6.92 Å². The van der Waals surface area contributed by atoms with Crippen LogP contribution in [-0.4, -0.2) is 33.1 Å². The van der Waals surface area contributed by atoms with E-state index < -0.39 is 0 Å². The van der Waals surface area contributed by atoms with Crippen molar-refractivity contribution in [1.82, 2.24) is 9.69 Å². The molecule has 1 heterocycles. The molecule has 0 spiro atoms. The topological polar surface area (TPSA) is 110 Å². The highest BCUT2D eigenvalue weighted by molar-refractivity contribution is 7.11. The summed E-state index contributed by atoms with van der Waals surface area (Å²) in [6.45, 7) is 3.63. The maximum Gasteiger partial charge on any atom is 0.236 e. The second-order valence-electron chi connectivity index (χ2n) is 6.38. The second-order valence-corrected chi connectivity index (χ2v) is 7.15. The molecule has 8 heteroatoms. The first kappa shape index (κ1) is 19.7. The van der Waals surface area contributed by atoms with E-state index >= 15 is 0 Å². The number of nitrogens with zero attached hydrogens (tertiary/aromatic N) is 1. The van der Waals surface area contributed by atoms with Crippen LogP contribution < -0.4 is 15.4 Å². The van der Waals surface area contributed by atoms with E-state index in [0.29, 0.717) is 10.8 Å². The lowest BCUT2D eigenvalue weighted by molar-refractivity contribution is 0.264. The maximum atomic E-state index is 9.99. The van der Waals surface area contributed by atoms with Crippen LogP contribution in [0, 0.1) is 12.3 Å². The van der Waals surface area contributed by atoms with E-state index in [0.717, 1.165) is 28.5 Å². The number of benzene rings is 2. The minimum Gasteiger partial charge on any atom is -0.492 e. The number of aromatic nitrogens is 1. The van der Waals surface area contributed by atoms with Crippen LogP contribution in [0.2, 0.25) is 0 Å². The summed E-state index contributed by atoms with van der Waals surface area (Å²) in [4.78, 5) is 0. The third-order valence-corrected chi connectivity index (χ3v) is 4.68. The molecule has 0 fully saturated rings. The summed E-state index contributed by atoms with van der Waals surface area (Å²) < 4.78 is 9.76.